The molecule has 4 nitrogen and oxygen atoms in total. The van der Waals surface area contributed by atoms with Gasteiger partial charge in [-0.05, 0) is 37.9 Å². The number of halogens is 1. The zero-order valence-electron chi connectivity index (χ0n) is 14.0. The molecule has 23 heavy (non-hydrogen) atoms. The maximum Gasteiger partial charge on any atom is 0.218 e. The first-order valence-electron chi connectivity index (χ1n) is 8.39. The van der Waals surface area contributed by atoms with E-state index in [4.69, 9.17) is 0 Å². The van der Waals surface area contributed by atoms with Crippen molar-refractivity contribution < 1.29 is 12.8 Å². The van der Waals surface area contributed by atoms with E-state index in [0.29, 0.717) is 19.0 Å². The van der Waals surface area contributed by atoms with Gasteiger partial charge in [-0.15, -0.1) is 0 Å². The normalized spacial score (nSPS) is 17.7. The third-order valence-electron chi connectivity index (χ3n) is 4.67. The first kappa shape index (κ1) is 18.4. The van der Waals surface area contributed by atoms with Crippen molar-refractivity contribution >= 4 is 10.0 Å². The fraction of sp³-hybridized carbons (Fsp3) is 0.647. The summed E-state index contributed by atoms with van der Waals surface area (Å²) < 4.78 is 40.2. The van der Waals surface area contributed by atoms with E-state index >= 15 is 0 Å². The standard InChI is InChI=1S/C17H27FN2O2S/c1-3-19(4-2)13-15-9-11-20(12-10-15)23(21,22)14-16-7-5-6-8-17(16)18/h5-8,15H,3-4,9-14H2,1-2H3. The van der Waals surface area contributed by atoms with Crippen LogP contribution in [0.25, 0.3) is 0 Å². The molecule has 0 amide bonds. The molecular formula is C17H27FN2O2S. The predicted molar refractivity (Wildman–Crippen MR) is 91.1 cm³/mol. The fourth-order valence-electron chi connectivity index (χ4n) is 3.12. The molecule has 130 valence electrons. The van der Waals surface area contributed by atoms with Gasteiger partial charge in [0.2, 0.25) is 10.0 Å². The van der Waals surface area contributed by atoms with Crippen LogP contribution in [0.3, 0.4) is 0 Å². The maximum atomic E-state index is 13.7. The molecule has 1 aromatic carbocycles. The Morgan fingerprint density at radius 1 is 1.17 bits per heavy atom. The lowest BCUT2D eigenvalue weighted by Crippen LogP contribution is -2.42. The Kier molecular flexibility index (Phi) is 6.56. The summed E-state index contributed by atoms with van der Waals surface area (Å²) in [6.45, 7) is 8.49. The Morgan fingerprint density at radius 2 is 1.78 bits per heavy atom. The molecule has 1 aromatic rings. The van der Waals surface area contributed by atoms with Crippen LogP contribution in [-0.4, -0.2) is 50.3 Å². The molecule has 1 aliphatic heterocycles. The fourth-order valence-corrected chi connectivity index (χ4v) is 4.70. The smallest absolute Gasteiger partial charge is 0.218 e. The zero-order chi connectivity index (χ0) is 16.9. The molecule has 0 bridgehead atoms. The molecule has 2 rings (SSSR count). The summed E-state index contributed by atoms with van der Waals surface area (Å²) in [6, 6.07) is 6.09. The number of rotatable bonds is 7. The molecule has 1 fully saturated rings. The predicted octanol–water partition coefficient (Wildman–Crippen LogP) is 2.71. The van der Waals surface area contributed by atoms with Crippen LogP contribution < -0.4 is 0 Å². The second-order valence-corrected chi connectivity index (χ2v) is 8.14. The summed E-state index contributed by atoms with van der Waals surface area (Å²) in [5.74, 6) is -0.150. The van der Waals surface area contributed by atoms with Crippen LogP contribution in [0.5, 0.6) is 0 Å². The van der Waals surface area contributed by atoms with Crippen LogP contribution in [0.2, 0.25) is 0 Å². The molecular weight excluding hydrogens is 315 g/mol. The summed E-state index contributed by atoms with van der Waals surface area (Å²) in [6.07, 6.45) is 1.76. The van der Waals surface area contributed by atoms with Crippen molar-refractivity contribution in [1.82, 2.24) is 9.21 Å². The van der Waals surface area contributed by atoms with Gasteiger partial charge in [0, 0.05) is 25.2 Å². The molecule has 1 aliphatic rings. The van der Waals surface area contributed by atoms with Gasteiger partial charge in [0.05, 0.1) is 5.75 Å². The lowest BCUT2D eigenvalue weighted by Gasteiger charge is -2.33. The van der Waals surface area contributed by atoms with E-state index in [1.807, 2.05) is 0 Å². The number of piperidine rings is 1. The average molecular weight is 342 g/mol. The van der Waals surface area contributed by atoms with Gasteiger partial charge in [0.25, 0.3) is 0 Å². The zero-order valence-corrected chi connectivity index (χ0v) is 14.9. The summed E-state index contributed by atoms with van der Waals surface area (Å²) in [7, 11) is -3.44. The van der Waals surface area contributed by atoms with Crippen molar-refractivity contribution in [3.63, 3.8) is 0 Å². The number of nitrogens with zero attached hydrogens (tertiary/aromatic N) is 2. The molecule has 0 radical (unpaired) electrons. The highest BCUT2D eigenvalue weighted by atomic mass is 32.2. The van der Waals surface area contributed by atoms with Crippen LogP contribution >= 0.6 is 0 Å². The van der Waals surface area contributed by atoms with E-state index < -0.39 is 15.8 Å². The van der Waals surface area contributed by atoms with Gasteiger partial charge in [-0.3, -0.25) is 0 Å². The van der Waals surface area contributed by atoms with Crippen molar-refractivity contribution in [3.05, 3.63) is 35.6 Å². The van der Waals surface area contributed by atoms with E-state index in [1.165, 1.54) is 10.4 Å². The third-order valence-corrected chi connectivity index (χ3v) is 6.50. The largest absolute Gasteiger partial charge is 0.304 e. The average Bonchev–Trinajstić information content (AvgIpc) is 2.55. The van der Waals surface area contributed by atoms with Gasteiger partial charge >= 0.3 is 0 Å². The molecule has 0 aliphatic carbocycles. The lowest BCUT2D eigenvalue weighted by molar-refractivity contribution is 0.193. The summed E-state index contributed by atoms with van der Waals surface area (Å²) in [5, 5.41) is 0. The lowest BCUT2D eigenvalue weighted by atomic mass is 9.97. The second kappa shape index (κ2) is 8.22. The summed E-state index contributed by atoms with van der Waals surface area (Å²) in [5.41, 5.74) is 0.248. The van der Waals surface area contributed by atoms with Gasteiger partial charge in [-0.25, -0.2) is 17.1 Å². The van der Waals surface area contributed by atoms with Crippen molar-refractivity contribution in [3.8, 4) is 0 Å². The van der Waals surface area contributed by atoms with Gasteiger partial charge in [0.15, 0.2) is 0 Å². The quantitative estimate of drug-likeness (QED) is 0.765. The minimum absolute atomic E-state index is 0.248. The highest BCUT2D eigenvalue weighted by molar-refractivity contribution is 7.88. The molecule has 6 heteroatoms. The van der Waals surface area contributed by atoms with Crippen molar-refractivity contribution in [2.45, 2.75) is 32.4 Å². The van der Waals surface area contributed by atoms with Crippen LogP contribution in [0, 0.1) is 11.7 Å². The molecule has 0 saturated carbocycles. The van der Waals surface area contributed by atoms with E-state index in [-0.39, 0.29) is 11.3 Å². The first-order chi connectivity index (χ1) is 11.0. The van der Waals surface area contributed by atoms with Gasteiger partial charge in [-0.2, -0.15) is 0 Å². The van der Waals surface area contributed by atoms with Crippen molar-refractivity contribution in [2.75, 3.05) is 32.7 Å². The van der Waals surface area contributed by atoms with Crippen LogP contribution in [0.1, 0.15) is 32.3 Å². The van der Waals surface area contributed by atoms with Crippen LogP contribution in [-0.2, 0) is 15.8 Å². The third kappa shape index (κ3) is 4.99. The van der Waals surface area contributed by atoms with E-state index in [9.17, 15) is 12.8 Å². The van der Waals surface area contributed by atoms with Crippen molar-refractivity contribution in [2.24, 2.45) is 5.92 Å². The maximum absolute atomic E-state index is 13.7. The van der Waals surface area contributed by atoms with Gasteiger partial charge in [-0.1, -0.05) is 32.0 Å². The topological polar surface area (TPSA) is 40.6 Å². The molecule has 0 N–H and O–H groups in total. The van der Waals surface area contributed by atoms with Gasteiger partial charge < -0.3 is 4.90 Å². The molecule has 1 heterocycles. The molecule has 0 atom stereocenters. The number of hydrogen-bond donors (Lipinski definition) is 0. The molecule has 0 unspecified atom stereocenters. The summed E-state index contributed by atoms with van der Waals surface area (Å²) >= 11 is 0. The van der Waals surface area contributed by atoms with Crippen LogP contribution in [0.4, 0.5) is 4.39 Å². The van der Waals surface area contributed by atoms with Crippen molar-refractivity contribution in [1.29, 1.82) is 0 Å². The van der Waals surface area contributed by atoms with E-state index in [1.54, 1.807) is 18.2 Å². The molecule has 0 aromatic heterocycles. The summed E-state index contributed by atoms with van der Waals surface area (Å²) in [4.78, 5) is 2.38. The Balaban J connectivity index is 1.92. The second-order valence-electron chi connectivity index (χ2n) is 6.18. The Hall–Kier alpha value is -0.980. The van der Waals surface area contributed by atoms with E-state index in [0.717, 1.165) is 32.5 Å². The minimum Gasteiger partial charge on any atom is -0.304 e. The highest BCUT2D eigenvalue weighted by Gasteiger charge is 2.29. The molecule has 0 spiro atoms. The van der Waals surface area contributed by atoms with E-state index in [2.05, 4.69) is 18.7 Å². The molecule has 1 saturated heterocycles. The van der Waals surface area contributed by atoms with Gasteiger partial charge in [0.1, 0.15) is 5.82 Å². The number of hydrogen-bond acceptors (Lipinski definition) is 3. The Bertz CT molecular complexity index is 594. The first-order valence-corrected chi connectivity index (χ1v) is 10.0. The Morgan fingerprint density at radius 3 is 2.35 bits per heavy atom. The SMILES string of the molecule is CCN(CC)CC1CCN(S(=O)(=O)Cc2ccccc2F)CC1. The monoisotopic (exact) mass is 342 g/mol. The highest BCUT2D eigenvalue weighted by Crippen LogP contribution is 2.23. The Labute approximate surface area is 139 Å². The number of benzene rings is 1. The van der Waals surface area contributed by atoms with Crippen LogP contribution in [0.15, 0.2) is 24.3 Å². The number of sulfonamides is 1. The minimum atomic E-state index is -3.44.